The first-order valence-electron chi connectivity index (χ1n) is 5.82. The van der Waals surface area contributed by atoms with Gasteiger partial charge in [0.1, 0.15) is 4.90 Å². The van der Waals surface area contributed by atoms with Crippen molar-refractivity contribution in [3.63, 3.8) is 0 Å². The number of para-hydroxylation sites is 1. The highest BCUT2D eigenvalue weighted by atomic mass is 32.2. The van der Waals surface area contributed by atoms with Crippen LogP contribution in [0.25, 0.3) is 0 Å². The summed E-state index contributed by atoms with van der Waals surface area (Å²) in [5.41, 5.74) is 1.35. The second kappa shape index (κ2) is 5.41. The number of sulfonamides is 1. The van der Waals surface area contributed by atoms with Crippen molar-refractivity contribution in [2.45, 2.75) is 17.9 Å². The summed E-state index contributed by atoms with van der Waals surface area (Å²) < 4.78 is 27.3. The SMILES string of the molecule is CNc1ccccc1S(=O)(=O)NC(C)c1cn[nH]c1. The maximum atomic E-state index is 12.3. The predicted molar refractivity (Wildman–Crippen MR) is 73.3 cm³/mol. The van der Waals surface area contributed by atoms with Crippen molar-refractivity contribution in [2.24, 2.45) is 0 Å². The van der Waals surface area contributed by atoms with Gasteiger partial charge >= 0.3 is 0 Å². The Morgan fingerprint density at radius 2 is 2.05 bits per heavy atom. The molecule has 0 aliphatic heterocycles. The fraction of sp³-hybridized carbons (Fsp3) is 0.250. The predicted octanol–water partition coefficient (Wildman–Crippen LogP) is 1.49. The lowest BCUT2D eigenvalue weighted by Crippen LogP contribution is -2.27. The number of anilines is 1. The first-order chi connectivity index (χ1) is 9.04. The van der Waals surface area contributed by atoms with Crippen LogP contribution in [0.5, 0.6) is 0 Å². The van der Waals surface area contributed by atoms with Gasteiger partial charge in [0.05, 0.1) is 11.9 Å². The minimum atomic E-state index is -3.58. The Labute approximate surface area is 112 Å². The quantitative estimate of drug-likeness (QED) is 0.774. The van der Waals surface area contributed by atoms with Gasteiger partial charge in [0, 0.05) is 24.8 Å². The summed E-state index contributed by atoms with van der Waals surface area (Å²) in [6.45, 7) is 1.77. The van der Waals surface area contributed by atoms with E-state index in [0.29, 0.717) is 5.69 Å². The number of hydrogen-bond donors (Lipinski definition) is 3. The topological polar surface area (TPSA) is 86.9 Å². The monoisotopic (exact) mass is 280 g/mol. The molecule has 3 N–H and O–H groups in total. The smallest absolute Gasteiger partial charge is 0.243 e. The first kappa shape index (κ1) is 13.6. The molecule has 2 aromatic rings. The van der Waals surface area contributed by atoms with Crippen molar-refractivity contribution in [2.75, 3.05) is 12.4 Å². The summed E-state index contributed by atoms with van der Waals surface area (Å²) in [7, 11) is -1.89. The van der Waals surface area contributed by atoms with Gasteiger partial charge in [-0.05, 0) is 19.1 Å². The molecule has 0 radical (unpaired) electrons. The summed E-state index contributed by atoms with van der Waals surface area (Å²) in [5.74, 6) is 0. The summed E-state index contributed by atoms with van der Waals surface area (Å²) in [6.07, 6.45) is 3.26. The fourth-order valence-electron chi connectivity index (χ4n) is 1.77. The molecule has 0 bridgehead atoms. The standard InChI is InChI=1S/C12H16N4O2S/c1-9(10-7-14-15-8-10)16-19(17,18)12-6-4-3-5-11(12)13-2/h3-9,13,16H,1-2H3,(H,14,15). The second-order valence-electron chi connectivity index (χ2n) is 4.12. The van der Waals surface area contributed by atoms with Crippen LogP contribution < -0.4 is 10.0 Å². The van der Waals surface area contributed by atoms with Crippen LogP contribution in [0.3, 0.4) is 0 Å². The minimum Gasteiger partial charge on any atom is -0.387 e. The number of benzene rings is 1. The van der Waals surface area contributed by atoms with Gasteiger partial charge in [-0.2, -0.15) is 5.10 Å². The lowest BCUT2D eigenvalue weighted by Gasteiger charge is -2.15. The molecule has 1 atom stereocenters. The van der Waals surface area contributed by atoms with Crippen LogP contribution in [-0.4, -0.2) is 25.7 Å². The molecule has 0 fully saturated rings. The summed E-state index contributed by atoms with van der Waals surface area (Å²) in [5, 5.41) is 9.34. The average molecular weight is 280 g/mol. The van der Waals surface area contributed by atoms with Crippen LogP contribution in [0.4, 0.5) is 5.69 Å². The van der Waals surface area contributed by atoms with E-state index in [1.165, 1.54) is 0 Å². The third-order valence-corrected chi connectivity index (χ3v) is 4.40. The van der Waals surface area contributed by atoms with Gasteiger partial charge in [0.15, 0.2) is 0 Å². The molecular formula is C12H16N4O2S. The van der Waals surface area contributed by atoms with Crippen LogP contribution in [0.2, 0.25) is 0 Å². The normalized spacial score (nSPS) is 13.2. The van der Waals surface area contributed by atoms with Crippen molar-refractivity contribution in [3.05, 3.63) is 42.2 Å². The Morgan fingerprint density at radius 3 is 2.68 bits per heavy atom. The molecular weight excluding hydrogens is 264 g/mol. The second-order valence-corrected chi connectivity index (χ2v) is 5.80. The van der Waals surface area contributed by atoms with Crippen molar-refractivity contribution < 1.29 is 8.42 Å². The van der Waals surface area contributed by atoms with Crippen molar-refractivity contribution in [3.8, 4) is 0 Å². The van der Waals surface area contributed by atoms with Gasteiger partial charge in [0.25, 0.3) is 0 Å². The summed E-state index contributed by atoms with van der Waals surface area (Å²) >= 11 is 0. The zero-order valence-electron chi connectivity index (χ0n) is 10.7. The molecule has 1 aromatic heterocycles. The van der Waals surface area contributed by atoms with Gasteiger partial charge in [-0.1, -0.05) is 12.1 Å². The lowest BCUT2D eigenvalue weighted by molar-refractivity contribution is 0.567. The maximum Gasteiger partial charge on any atom is 0.243 e. The van der Waals surface area contributed by atoms with E-state index in [0.717, 1.165) is 5.56 Å². The van der Waals surface area contributed by atoms with Gasteiger partial charge in [-0.25, -0.2) is 13.1 Å². The Bertz CT molecular complexity index is 638. The van der Waals surface area contributed by atoms with E-state index in [1.54, 1.807) is 50.6 Å². The van der Waals surface area contributed by atoms with E-state index in [1.807, 2.05) is 0 Å². The number of rotatable bonds is 5. The number of nitrogens with one attached hydrogen (secondary N) is 3. The van der Waals surface area contributed by atoms with Gasteiger partial charge < -0.3 is 5.32 Å². The third kappa shape index (κ3) is 2.94. The molecule has 0 saturated carbocycles. The minimum absolute atomic E-state index is 0.229. The highest BCUT2D eigenvalue weighted by Crippen LogP contribution is 2.22. The molecule has 19 heavy (non-hydrogen) atoms. The fourth-order valence-corrected chi connectivity index (χ4v) is 3.22. The first-order valence-corrected chi connectivity index (χ1v) is 7.30. The van der Waals surface area contributed by atoms with Crippen LogP contribution in [0, 0.1) is 0 Å². The molecule has 7 heteroatoms. The highest BCUT2D eigenvalue weighted by Gasteiger charge is 2.21. The number of aromatic amines is 1. The molecule has 1 unspecified atom stereocenters. The van der Waals surface area contributed by atoms with E-state index >= 15 is 0 Å². The zero-order chi connectivity index (χ0) is 13.9. The Morgan fingerprint density at radius 1 is 1.32 bits per heavy atom. The molecule has 1 heterocycles. The Hall–Kier alpha value is -1.86. The van der Waals surface area contributed by atoms with E-state index < -0.39 is 10.0 Å². The van der Waals surface area contributed by atoms with Crippen LogP contribution in [0.15, 0.2) is 41.6 Å². The number of nitrogens with zero attached hydrogens (tertiary/aromatic N) is 1. The molecule has 0 saturated heterocycles. The van der Waals surface area contributed by atoms with Gasteiger partial charge in [0.2, 0.25) is 10.0 Å². The van der Waals surface area contributed by atoms with Gasteiger partial charge in [-0.3, -0.25) is 5.10 Å². The van der Waals surface area contributed by atoms with Crippen molar-refractivity contribution in [1.82, 2.24) is 14.9 Å². The average Bonchev–Trinajstić information content (AvgIpc) is 2.92. The summed E-state index contributed by atoms with van der Waals surface area (Å²) in [4.78, 5) is 0.229. The number of aromatic nitrogens is 2. The van der Waals surface area contributed by atoms with Crippen molar-refractivity contribution in [1.29, 1.82) is 0 Å². The maximum absolute atomic E-state index is 12.3. The van der Waals surface area contributed by atoms with E-state index in [2.05, 4.69) is 20.2 Å². The molecule has 102 valence electrons. The molecule has 1 aromatic carbocycles. The molecule has 0 amide bonds. The van der Waals surface area contributed by atoms with Crippen LogP contribution in [0.1, 0.15) is 18.5 Å². The molecule has 0 aliphatic carbocycles. The largest absolute Gasteiger partial charge is 0.387 e. The van der Waals surface area contributed by atoms with Crippen LogP contribution in [-0.2, 0) is 10.0 Å². The lowest BCUT2D eigenvalue weighted by atomic mass is 10.2. The zero-order valence-corrected chi connectivity index (χ0v) is 11.5. The number of hydrogen-bond acceptors (Lipinski definition) is 4. The van der Waals surface area contributed by atoms with E-state index in [-0.39, 0.29) is 10.9 Å². The highest BCUT2D eigenvalue weighted by molar-refractivity contribution is 7.89. The van der Waals surface area contributed by atoms with E-state index in [9.17, 15) is 8.42 Å². The number of H-pyrrole nitrogens is 1. The van der Waals surface area contributed by atoms with Gasteiger partial charge in [-0.15, -0.1) is 0 Å². The van der Waals surface area contributed by atoms with Crippen LogP contribution >= 0.6 is 0 Å². The molecule has 2 rings (SSSR count). The summed E-state index contributed by atoms with van der Waals surface area (Å²) in [6, 6.07) is 6.41. The Kier molecular flexibility index (Phi) is 3.87. The molecule has 6 nitrogen and oxygen atoms in total. The van der Waals surface area contributed by atoms with E-state index in [4.69, 9.17) is 0 Å². The Balaban J connectivity index is 2.28. The molecule has 0 spiro atoms. The third-order valence-electron chi connectivity index (χ3n) is 2.80. The molecule has 0 aliphatic rings. The van der Waals surface area contributed by atoms with Crippen molar-refractivity contribution >= 4 is 15.7 Å².